The molecule has 1 aliphatic rings. The summed E-state index contributed by atoms with van der Waals surface area (Å²) in [6, 6.07) is 14.5. The van der Waals surface area contributed by atoms with Crippen LogP contribution in [0.3, 0.4) is 0 Å². The quantitative estimate of drug-likeness (QED) is 0.125. The van der Waals surface area contributed by atoms with Crippen molar-refractivity contribution >= 4 is 0 Å². The van der Waals surface area contributed by atoms with Gasteiger partial charge >= 0.3 is 24.7 Å². The number of halogens is 12. The average Bonchev–Trinajstić information content (AvgIpc) is 3.30. The van der Waals surface area contributed by atoms with Crippen molar-refractivity contribution in [3.63, 3.8) is 0 Å². The minimum atomic E-state index is -5.21. The third kappa shape index (κ3) is 9.19. The number of hydrogen-bond acceptors (Lipinski definition) is 2. The van der Waals surface area contributed by atoms with Crippen molar-refractivity contribution in [1.82, 2.24) is 0 Å². The van der Waals surface area contributed by atoms with E-state index in [1.54, 1.807) is 78.9 Å². The van der Waals surface area contributed by atoms with Gasteiger partial charge in [-0.1, -0.05) is 71.9 Å². The largest absolute Gasteiger partial charge is 0.496 e. The normalized spacial score (nSPS) is 15.3. The van der Waals surface area contributed by atoms with Crippen molar-refractivity contribution in [2.45, 2.75) is 103 Å². The maximum absolute atomic E-state index is 14.6. The molecule has 0 saturated carbocycles. The maximum atomic E-state index is 14.6. The molecule has 15 heteroatoms. The van der Waals surface area contributed by atoms with Crippen LogP contribution in [0.15, 0.2) is 78.9 Å². The Bertz CT molecular complexity index is 2350. The first kappa shape index (κ1) is 48.3. The van der Waals surface area contributed by atoms with Gasteiger partial charge in [0.2, 0.25) is 0 Å². The molecule has 5 aromatic carbocycles. The Kier molecular flexibility index (Phi) is 12.1. The summed E-state index contributed by atoms with van der Waals surface area (Å²) in [5, 5.41) is 0. The lowest BCUT2D eigenvalue weighted by Gasteiger charge is -2.41. The molecular weight excluding hydrogens is 863 g/mol. The molecule has 0 unspecified atom stereocenters. The predicted octanol–water partition coefficient (Wildman–Crippen LogP) is 15.6. The van der Waals surface area contributed by atoms with Gasteiger partial charge in [-0.05, 0) is 88.5 Å². The van der Waals surface area contributed by atoms with Crippen LogP contribution >= 0.6 is 0 Å². The molecule has 0 saturated heterocycles. The van der Waals surface area contributed by atoms with E-state index in [4.69, 9.17) is 9.47 Å². The number of benzene rings is 5. The van der Waals surface area contributed by atoms with Crippen molar-refractivity contribution in [3.8, 4) is 44.9 Å². The molecule has 1 aliphatic heterocycles. The second-order valence-corrected chi connectivity index (χ2v) is 18.7. The van der Waals surface area contributed by atoms with Gasteiger partial charge in [0.15, 0.2) is 0 Å². The highest BCUT2D eigenvalue weighted by Gasteiger charge is 2.44. The number of ether oxygens (including phenoxy) is 2. The number of alkyl halides is 12. The fourth-order valence-corrected chi connectivity index (χ4v) is 8.71. The SMILES string of the molecule is COc1c(C(C)(C)C)cc2c(c1-c1cc(C(F)(F)F)cc(C(F)(F)F)c1)C[N+](C)([C@H](C)c1ccccc1)Cc1c-2cc(C(C)(C)C)c(OC)c1-c1cc(C(F)(F)F)cc(C(F)(F)F)c1. The van der Waals surface area contributed by atoms with E-state index in [0.717, 1.165) is 5.56 Å². The summed E-state index contributed by atoms with van der Waals surface area (Å²) < 4.78 is 187. The highest BCUT2D eigenvalue weighted by atomic mass is 19.4. The van der Waals surface area contributed by atoms with Crippen molar-refractivity contribution in [3.05, 3.63) is 129 Å². The second-order valence-electron chi connectivity index (χ2n) is 18.7. The molecule has 0 amide bonds. The zero-order chi connectivity index (χ0) is 47.9. The van der Waals surface area contributed by atoms with Gasteiger partial charge in [0.25, 0.3) is 0 Å². The van der Waals surface area contributed by atoms with Gasteiger partial charge in [0, 0.05) is 38.9 Å². The second kappa shape index (κ2) is 16.1. The lowest BCUT2D eigenvalue weighted by atomic mass is 9.76. The van der Waals surface area contributed by atoms with Crippen molar-refractivity contribution < 1.29 is 66.6 Å². The fourth-order valence-electron chi connectivity index (χ4n) is 8.71. The van der Waals surface area contributed by atoms with E-state index < -0.39 is 75.0 Å². The minimum Gasteiger partial charge on any atom is -0.496 e. The molecule has 6 rings (SSSR count). The zero-order valence-electron chi connectivity index (χ0n) is 36.8. The molecule has 3 nitrogen and oxygen atoms in total. The number of fused-ring (bicyclic) bond motifs is 3. The molecule has 0 fully saturated rings. The molecule has 5 aromatic rings. The number of rotatable bonds is 6. The van der Waals surface area contributed by atoms with Gasteiger partial charge in [0.1, 0.15) is 30.6 Å². The molecule has 64 heavy (non-hydrogen) atoms. The molecule has 0 aromatic heterocycles. The van der Waals surface area contributed by atoms with E-state index >= 15 is 0 Å². The fraction of sp³-hybridized carbons (Fsp3) is 0.388. The smallest absolute Gasteiger partial charge is 0.416 e. The minimum absolute atomic E-state index is 0.00135. The molecule has 0 N–H and O–H groups in total. The number of methoxy groups -OCH3 is 2. The molecule has 0 spiro atoms. The lowest BCUT2D eigenvalue weighted by molar-refractivity contribution is -0.962. The number of nitrogens with zero attached hydrogens (tertiary/aromatic N) is 1. The number of quaternary nitrogens is 1. The summed E-state index contributed by atoms with van der Waals surface area (Å²) in [5.74, 6) is -0.00270. The van der Waals surface area contributed by atoms with Crippen LogP contribution in [0.4, 0.5) is 52.7 Å². The highest BCUT2D eigenvalue weighted by Crippen LogP contribution is 2.56. The van der Waals surface area contributed by atoms with Gasteiger partial charge in [-0.15, -0.1) is 0 Å². The van der Waals surface area contributed by atoms with E-state index in [-0.39, 0.29) is 63.5 Å². The Morgan fingerprint density at radius 2 is 0.797 bits per heavy atom. The van der Waals surface area contributed by atoms with Crippen LogP contribution in [0.2, 0.25) is 0 Å². The molecule has 1 atom stereocenters. The van der Waals surface area contributed by atoms with Gasteiger partial charge in [-0.3, -0.25) is 0 Å². The Morgan fingerprint density at radius 3 is 1.06 bits per heavy atom. The molecule has 344 valence electrons. The van der Waals surface area contributed by atoms with Crippen LogP contribution < -0.4 is 9.47 Å². The first-order valence-corrected chi connectivity index (χ1v) is 20.2. The zero-order valence-corrected chi connectivity index (χ0v) is 36.8. The van der Waals surface area contributed by atoms with E-state index in [0.29, 0.717) is 46.5 Å². The molecule has 0 radical (unpaired) electrons. The first-order valence-electron chi connectivity index (χ1n) is 20.2. The summed E-state index contributed by atoms with van der Waals surface area (Å²) in [4.78, 5) is 0. The summed E-state index contributed by atoms with van der Waals surface area (Å²) in [5.41, 5.74) is -6.59. The van der Waals surface area contributed by atoms with Gasteiger partial charge in [-0.2, -0.15) is 52.7 Å². The van der Waals surface area contributed by atoms with Crippen LogP contribution in [0, 0.1) is 0 Å². The van der Waals surface area contributed by atoms with Crippen LogP contribution in [0.5, 0.6) is 11.5 Å². The molecule has 1 heterocycles. The third-order valence-electron chi connectivity index (χ3n) is 12.1. The van der Waals surface area contributed by atoms with E-state index in [1.807, 2.05) is 19.1 Å². The Hall–Kier alpha value is -5.18. The standard InChI is InChI=1S/C49H48F12NO2/c1-26(27-14-12-11-13-15-27)62(8)24-36-34(22-38(44(2,3)4)42(63-9)40(36)28-16-30(46(50,51)52)20-31(17-28)47(53,54)55)35-23-39(45(5,6)7)43(64-10)41(37(35)25-62)29-18-32(48(56,57)58)21-33(19-29)49(59,60)61/h11-23,26H,24-25H2,1-10H3/q+1/t26-/m1/s1. The Labute approximate surface area is 364 Å². The van der Waals surface area contributed by atoms with Crippen molar-refractivity contribution in [2.24, 2.45) is 0 Å². The molecular formula is C49H48F12NO2+. The summed E-state index contributed by atoms with van der Waals surface area (Å²) in [6.45, 7) is 12.2. The highest BCUT2D eigenvalue weighted by molar-refractivity contribution is 5.91. The van der Waals surface area contributed by atoms with Crippen molar-refractivity contribution in [1.29, 1.82) is 0 Å². The molecule has 0 aliphatic carbocycles. The van der Waals surface area contributed by atoms with E-state index in [1.165, 1.54) is 14.2 Å². The molecule has 0 bridgehead atoms. The Morgan fingerprint density at radius 1 is 0.484 bits per heavy atom. The Balaban J connectivity index is 1.94. The van der Waals surface area contributed by atoms with Crippen LogP contribution in [-0.2, 0) is 48.6 Å². The summed E-state index contributed by atoms with van der Waals surface area (Å²) >= 11 is 0. The van der Waals surface area contributed by atoms with Crippen LogP contribution in [0.25, 0.3) is 33.4 Å². The van der Waals surface area contributed by atoms with Gasteiger partial charge in [-0.25, -0.2) is 0 Å². The topological polar surface area (TPSA) is 18.5 Å². The summed E-state index contributed by atoms with van der Waals surface area (Å²) in [7, 11) is 4.30. The maximum Gasteiger partial charge on any atom is 0.416 e. The first-order chi connectivity index (χ1) is 29.2. The van der Waals surface area contributed by atoms with Gasteiger partial charge < -0.3 is 14.0 Å². The van der Waals surface area contributed by atoms with Crippen LogP contribution in [0.1, 0.15) is 105 Å². The van der Waals surface area contributed by atoms with Crippen molar-refractivity contribution in [2.75, 3.05) is 21.3 Å². The summed E-state index contributed by atoms with van der Waals surface area (Å²) in [6.07, 6.45) is -20.9. The number of hydrogen-bond donors (Lipinski definition) is 0. The third-order valence-corrected chi connectivity index (χ3v) is 12.1. The van der Waals surface area contributed by atoms with Crippen LogP contribution in [-0.4, -0.2) is 25.8 Å². The lowest BCUT2D eigenvalue weighted by Crippen LogP contribution is -2.44. The van der Waals surface area contributed by atoms with E-state index in [2.05, 4.69) is 0 Å². The van der Waals surface area contributed by atoms with Gasteiger partial charge in [0.05, 0.1) is 43.5 Å². The average molecular weight is 911 g/mol. The van der Waals surface area contributed by atoms with E-state index in [9.17, 15) is 52.7 Å². The monoisotopic (exact) mass is 910 g/mol. The predicted molar refractivity (Wildman–Crippen MR) is 222 cm³/mol.